The predicted octanol–water partition coefficient (Wildman–Crippen LogP) is 5.77. The molecule has 0 aliphatic carbocycles. The van der Waals surface area contributed by atoms with E-state index in [1.807, 2.05) is 24.3 Å². The molecule has 9 heteroatoms. The van der Waals surface area contributed by atoms with E-state index in [-0.39, 0.29) is 5.57 Å². The molecule has 0 saturated carbocycles. The lowest BCUT2D eigenvalue weighted by Gasteiger charge is -2.27. The Morgan fingerprint density at radius 2 is 1.69 bits per heavy atom. The second-order valence-corrected chi connectivity index (χ2v) is 9.37. The summed E-state index contributed by atoms with van der Waals surface area (Å²) in [5, 5.41) is 2.24. The molecule has 178 valence electrons. The molecule has 1 aliphatic rings. The number of para-hydroxylation sites is 1. The standard InChI is InChI=1S/C26H20Br2N2O5/c1-15-7-3-6-10-21(15)30-25(32)18(24(31)29-26(30)33)11-16-12-20(28)23(22(13-16)34-2)35-14-17-8-4-5-9-19(17)27/h3-13H,14H2,1-2H3,(H,29,31,33)/b18-11+. The van der Waals surface area contributed by atoms with E-state index in [9.17, 15) is 14.4 Å². The number of ether oxygens (including phenoxy) is 2. The predicted molar refractivity (Wildman–Crippen MR) is 139 cm³/mol. The lowest BCUT2D eigenvalue weighted by atomic mass is 10.1. The first kappa shape index (κ1) is 24.7. The molecule has 1 heterocycles. The summed E-state index contributed by atoms with van der Waals surface area (Å²) in [5.74, 6) is -0.595. The average molecular weight is 600 g/mol. The van der Waals surface area contributed by atoms with E-state index in [1.54, 1.807) is 43.3 Å². The van der Waals surface area contributed by atoms with Crippen LogP contribution in [0.1, 0.15) is 16.7 Å². The van der Waals surface area contributed by atoms with Crippen molar-refractivity contribution in [2.75, 3.05) is 12.0 Å². The zero-order chi connectivity index (χ0) is 25.1. The van der Waals surface area contributed by atoms with E-state index in [4.69, 9.17) is 9.47 Å². The molecule has 1 aliphatic heterocycles. The number of carbonyl (C=O) groups excluding carboxylic acids is 3. The highest BCUT2D eigenvalue weighted by molar-refractivity contribution is 9.10. The maximum absolute atomic E-state index is 13.2. The van der Waals surface area contributed by atoms with Gasteiger partial charge in [0.2, 0.25) is 0 Å². The number of hydrogen-bond acceptors (Lipinski definition) is 5. The molecule has 1 saturated heterocycles. The molecule has 0 aromatic heterocycles. The quantitative estimate of drug-likeness (QED) is 0.287. The Kier molecular flexibility index (Phi) is 7.37. The Balaban J connectivity index is 1.66. The monoisotopic (exact) mass is 598 g/mol. The maximum Gasteiger partial charge on any atom is 0.335 e. The van der Waals surface area contributed by atoms with Gasteiger partial charge in [-0.2, -0.15) is 0 Å². The highest BCUT2D eigenvalue weighted by atomic mass is 79.9. The van der Waals surface area contributed by atoms with E-state index < -0.39 is 17.8 Å². The molecule has 0 atom stereocenters. The summed E-state index contributed by atoms with van der Waals surface area (Å²) >= 11 is 7.00. The van der Waals surface area contributed by atoms with Gasteiger partial charge >= 0.3 is 6.03 Å². The third-order valence-electron chi connectivity index (χ3n) is 5.35. The molecule has 0 bridgehead atoms. The van der Waals surface area contributed by atoms with Crippen LogP contribution in [0.15, 0.2) is 75.2 Å². The molecule has 4 rings (SSSR count). The van der Waals surface area contributed by atoms with Crippen LogP contribution in [0.25, 0.3) is 6.08 Å². The molecule has 7 nitrogen and oxygen atoms in total. The fourth-order valence-electron chi connectivity index (χ4n) is 3.59. The minimum atomic E-state index is -0.791. The van der Waals surface area contributed by atoms with Gasteiger partial charge in [-0.3, -0.25) is 14.9 Å². The number of rotatable bonds is 6. The lowest BCUT2D eigenvalue weighted by Crippen LogP contribution is -2.54. The number of anilines is 1. The third-order valence-corrected chi connectivity index (χ3v) is 6.71. The van der Waals surface area contributed by atoms with Crippen LogP contribution in [-0.2, 0) is 16.2 Å². The average Bonchev–Trinajstić information content (AvgIpc) is 2.83. The van der Waals surface area contributed by atoms with Crippen LogP contribution in [0.3, 0.4) is 0 Å². The van der Waals surface area contributed by atoms with Gasteiger partial charge in [-0.1, -0.05) is 52.3 Å². The highest BCUT2D eigenvalue weighted by Crippen LogP contribution is 2.38. The topological polar surface area (TPSA) is 84.9 Å². The number of benzene rings is 3. The number of halogens is 2. The van der Waals surface area contributed by atoms with Crippen molar-refractivity contribution in [3.8, 4) is 11.5 Å². The Labute approximate surface area is 219 Å². The fourth-order valence-corrected chi connectivity index (χ4v) is 4.56. The fraction of sp³-hybridized carbons (Fsp3) is 0.115. The van der Waals surface area contributed by atoms with Crippen molar-refractivity contribution >= 4 is 61.5 Å². The Morgan fingerprint density at radius 1 is 0.971 bits per heavy atom. The van der Waals surface area contributed by atoms with E-state index in [0.29, 0.717) is 33.8 Å². The molecular formula is C26H20Br2N2O5. The van der Waals surface area contributed by atoms with Gasteiger partial charge in [0, 0.05) is 10.0 Å². The van der Waals surface area contributed by atoms with Crippen LogP contribution in [-0.4, -0.2) is 25.0 Å². The zero-order valence-corrected chi connectivity index (χ0v) is 22.0. The molecule has 35 heavy (non-hydrogen) atoms. The van der Waals surface area contributed by atoms with Crippen LogP contribution < -0.4 is 19.7 Å². The van der Waals surface area contributed by atoms with Crippen LogP contribution in [0.5, 0.6) is 11.5 Å². The second kappa shape index (κ2) is 10.5. The maximum atomic E-state index is 13.2. The molecular weight excluding hydrogens is 580 g/mol. The summed E-state index contributed by atoms with van der Waals surface area (Å²) in [6.45, 7) is 2.08. The minimum Gasteiger partial charge on any atom is -0.493 e. The Morgan fingerprint density at radius 3 is 2.40 bits per heavy atom. The number of amides is 4. The normalized spacial score (nSPS) is 14.8. The zero-order valence-electron chi connectivity index (χ0n) is 18.8. The molecule has 0 unspecified atom stereocenters. The van der Waals surface area contributed by atoms with Crippen molar-refractivity contribution in [2.45, 2.75) is 13.5 Å². The van der Waals surface area contributed by atoms with E-state index in [1.165, 1.54) is 13.2 Å². The summed E-state index contributed by atoms with van der Waals surface area (Å²) < 4.78 is 13.0. The van der Waals surface area contributed by atoms with Gasteiger partial charge < -0.3 is 9.47 Å². The van der Waals surface area contributed by atoms with Crippen molar-refractivity contribution < 1.29 is 23.9 Å². The number of urea groups is 1. The van der Waals surface area contributed by atoms with Crippen molar-refractivity contribution in [3.63, 3.8) is 0 Å². The van der Waals surface area contributed by atoms with E-state index in [2.05, 4.69) is 37.2 Å². The van der Waals surface area contributed by atoms with Gasteiger partial charge in [-0.15, -0.1) is 0 Å². The molecule has 4 amide bonds. The summed E-state index contributed by atoms with van der Waals surface area (Å²) in [6, 6.07) is 17.2. The van der Waals surface area contributed by atoms with E-state index in [0.717, 1.165) is 20.5 Å². The van der Waals surface area contributed by atoms with Crippen LogP contribution in [0.4, 0.5) is 10.5 Å². The summed E-state index contributed by atoms with van der Waals surface area (Å²) in [6.07, 6.45) is 1.42. The van der Waals surface area contributed by atoms with Gasteiger partial charge in [0.25, 0.3) is 11.8 Å². The number of barbiturate groups is 1. The van der Waals surface area contributed by atoms with Crippen LogP contribution >= 0.6 is 31.9 Å². The molecule has 1 fully saturated rings. The first-order chi connectivity index (χ1) is 16.8. The van der Waals surface area contributed by atoms with Gasteiger partial charge in [0.05, 0.1) is 17.3 Å². The smallest absolute Gasteiger partial charge is 0.335 e. The largest absolute Gasteiger partial charge is 0.493 e. The molecule has 1 N–H and O–H groups in total. The number of carbonyl (C=O) groups is 3. The van der Waals surface area contributed by atoms with Gasteiger partial charge in [0.15, 0.2) is 11.5 Å². The molecule has 0 radical (unpaired) electrons. The van der Waals surface area contributed by atoms with E-state index >= 15 is 0 Å². The number of aryl methyl sites for hydroxylation is 1. The highest BCUT2D eigenvalue weighted by Gasteiger charge is 2.37. The third kappa shape index (κ3) is 5.16. The number of nitrogens with one attached hydrogen (secondary N) is 1. The molecule has 0 spiro atoms. The summed E-state index contributed by atoms with van der Waals surface area (Å²) in [4.78, 5) is 39.2. The number of nitrogens with zero attached hydrogens (tertiary/aromatic N) is 1. The summed E-state index contributed by atoms with van der Waals surface area (Å²) in [7, 11) is 1.50. The first-order valence-electron chi connectivity index (χ1n) is 10.5. The van der Waals surface area contributed by atoms with Crippen molar-refractivity contribution in [3.05, 3.63) is 91.9 Å². The summed E-state index contributed by atoms with van der Waals surface area (Å²) in [5.41, 5.74) is 2.42. The van der Waals surface area contributed by atoms with Crippen LogP contribution in [0, 0.1) is 6.92 Å². The lowest BCUT2D eigenvalue weighted by molar-refractivity contribution is -0.122. The number of hydrogen-bond donors (Lipinski definition) is 1. The Bertz CT molecular complexity index is 1370. The Hall–Kier alpha value is -3.43. The van der Waals surface area contributed by atoms with Gasteiger partial charge in [0.1, 0.15) is 12.2 Å². The minimum absolute atomic E-state index is 0.177. The first-order valence-corrected chi connectivity index (χ1v) is 12.1. The SMILES string of the molecule is COc1cc(/C=C2\C(=O)NC(=O)N(c3ccccc3C)C2=O)cc(Br)c1OCc1ccccc1Br. The molecule has 3 aromatic carbocycles. The molecule has 3 aromatic rings. The van der Waals surface area contributed by atoms with Gasteiger partial charge in [-0.25, -0.2) is 9.69 Å². The van der Waals surface area contributed by atoms with Crippen molar-refractivity contribution in [1.29, 1.82) is 0 Å². The van der Waals surface area contributed by atoms with Crippen molar-refractivity contribution in [1.82, 2.24) is 5.32 Å². The second-order valence-electron chi connectivity index (χ2n) is 7.66. The van der Waals surface area contributed by atoms with Crippen molar-refractivity contribution in [2.24, 2.45) is 0 Å². The number of methoxy groups -OCH3 is 1. The number of imide groups is 2. The van der Waals surface area contributed by atoms with Crippen LogP contribution in [0.2, 0.25) is 0 Å². The van der Waals surface area contributed by atoms with Gasteiger partial charge in [-0.05, 0) is 64.3 Å².